The molecule has 1 aliphatic rings. The van der Waals surface area contributed by atoms with Crippen LogP contribution in [-0.2, 0) is 4.74 Å². The summed E-state index contributed by atoms with van der Waals surface area (Å²) in [5.74, 6) is 1.85. The van der Waals surface area contributed by atoms with Gasteiger partial charge in [-0.1, -0.05) is 0 Å². The van der Waals surface area contributed by atoms with E-state index >= 15 is 0 Å². The zero-order valence-electron chi connectivity index (χ0n) is 4.87. The van der Waals surface area contributed by atoms with Gasteiger partial charge in [0.05, 0.1) is 0 Å². The first kappa shape index (κ1) is 6.74. The fourth-order valence-corrected chi connectivity index (χ4v) is 1.84. The van der Waals surface area contributed by atoms with Crippen molar-refractivity contribution in [1.82, 2.24) is 0 Å². The average molecular weight is 148 g/mol. The maximum absolute atomic E-state index is 9.92. The van der Waals surface area contributed by atoms with Crippen LogP contribution in [0.5, 0.6) is 0 Å². The second-order valence-electron chi connectivity index (χ2n) is 1.87. The number of carboxylic acid groups (broad SMARTS) is 1. The Kier molecular flexibility index (Phi) is 2.22. The van der Waals surface area contributed by atoms with Crippen LogP contribution >= 0.6 is 11.8 Å². The summed E-state index contributed by atoms with van der Waals surface area (Å²) in [5.41, 5.74) is 0. The highest BCUT2D eigenvalue weighted by Crippen LogP contribution is 2.19. The van der Waals surface area contributed by atoms with E-state index in [1.54, 1.807) is 11.8 Å². The number of rotatable bonds is 1. The topological polar surface area (TPSA) is 46.5 Å². The highest BCUT2D eigenvalue weighted by Gasteiger charge is 2.18. The summed E-state index contributed by atoms with van der Waals surface area (Å²) in [6.07, 6.45) is -0.327. The molecular formula is C5H8O3S. The Morgan fingerprint density at radius 2 is 2.56 bits per heavy atom. The van der Waals surface area contributed by atoms with Gasteiger partial charge in [-0.25, -0.2) is 4.79 Å². The van der Waals surface area contributed by atoms with E-state index in [4.69, 9.17) is 5.11 Å². The Balaban J connectivity index is 2.19. The first-order chi connectivity index (χ1) is 4.29. The highest BCUT2D eigenvalue weighted by atomic mass is 32.2. The molecule has 0 saturated carbocycles. The number of ether oxygens (including phenoxy) is 1. The molecule has 1 unspecified atom stereocenters. The zero-order chi connectivity index (χ0) is 6.69. The highest BCUT2D eigenvalue weighted by molar-refractivity contribution is 7.99. The lowest BCUT2D eigenvalue weighted by Crippen LogP contribution is -2.15. The number of thioether (sulfide) groups is 1. The maximum Gasteiger partial charge on any atom is 0.506 e. The van der Waals surface area contributed by atoms with Crippen LogP contribution in [0, 0.1) is 0 Å². The molecule has 52 valence electrons. The summed E-state index contributed by atoms with van der Waals surface area (Å²) < 4.78 is 4.51. The third-order valence-corrected chi connectivity index (χ3v) is 2.29. The monoisotopic (exact) mass is 148 g/mol. The maximum atomic E-state index is 9.92. The molecule has 1 N–H and O–H groups in total. The van der Waals surface area contributed by atoms with Crippen LogP contribution in [0.25, 0.3) is 0 Å². The van der Waals surface area contributed by atoms with E-state index in [-0.39, 0.29) is 6.10 Å². The standard InChI is InChI=1S/C5H8O3S/c6-5(7)8-4-1-2-9-3-4/h4H,1-3H2,(H,6,7). The van der Waals surface area contributed by atoms with Crippen molar-refractivity contribution >= 4 is 17.9 Å². The van der Waals surface area contributed by atoms with Crippen molar-refractivity contribution in [2.45, 2.75) is 12.5 Å². The number of carbonyl (C=O) groups is 1. The van der Waals surface area contributed by atoms with E-state index in [0.717, 1.165) is 17.9 Å². The van der Waals surface area contributed by atoms with Crippen LogP contribution in [0.15, 0.2) is 0 Å². The van der Waals surface area contributed by atoms with Crippen molar-refractivity contribution < 1.29 is 14.6 Å². The molecule has 1 aliphatic heterocycles. The third-order valence-electron chi connectivity index (χ3n) is 1.16. The molecule has 0 aromatic carbocycles. The first-order valence-corrected chi connectivity index (χ1v) is 3.92. The molecule has 1 rings (SSSR count). The summed E-state index contributed by atoms with van der Waals surface area (Å²) >= 11 is 1.74. The van der Waals surface area contributed by atoms with Crippen molar-refractivity contribution in [3.05, 3.63) is 0 Å². The van der Waals surface area contributed by atoms with E-state index in [0.29, 0.717) is 0 Å². The van der Waals surface area contributed by atoms with Crippen LogP contribution < -0.4 is 0 Å². The summed E-state index contributed by atoms with van der Waals surface area (Å²) in [6, 6.07) is 0. The molecule has 0 aromatic rings. The second-order valence-corrected chi connectivity index (χ2v) is 3.02. The van der Waals surface area contributed by atoms with E-state index in [9.17, 15) is 4.79 Å². The molecule has 0 aliphatic carbocycles. The summed E-state index contributed by atoms with van der Waals surface area (Å²) in [7, 11) is 0. The Morgan fingerprint density at radius 3 is 3.00 bits per heavy atom. The van der Waals surface area contributed by atoms with Gasteiger partial charge in [0.2, 0.25) is 0 Å². The lowest BCUT2D eigenvalue weighted by Gasteiger charge is -2.04. The largest absolute Gasteiger partial charge is 0.506 e. The fourth-order valence-electron chi connectivity index (χ4n) is 0.748. The molecule has 0 amide bonds. The molecule has 3 nitrogen and oxygen atoms in total. The Labute approximate surface area is 57.4 Å². The van der Waals surface area contributed by atoms with Gasteiger partial charge in [0, 0.05) is 5.75 Å². The van der Waals surface area contributed by atoms with Crippen molar-refractivity contribution in [2.75, 3.05) is 11.5 Å². The van der Waals surface area contributed by atoms with E-state index in [2.05, 4.69) is 4.74 Å². The molecule has 1 saturated heterocycles. The predicted octanol–water partition coefficient (Wildman–Crippen LogP) is 1.19. The zero-order valence-corrected chi connectivity index (χ0v) is 5.69. The van der Waals surface area contributed by atoms with Crippen molar-refractivity contribution in [3.8, 4) is 0 Å². The second kappa shape index (κ2) is 2.96. The van der Waals surface area contributed by atoms with Gasteiger partial charge >= 0.3 is 6.16 Å². The molecule has 1 heterocycles. The molecule has 0 radical (unpaired) electrons. The van der Waals surface area contributed by atoms with Gasteiger partial charge in [0.25, 0.3) is 0 Å². The van der Waals surface area contributed by atoms with Crippen LogP contribution in [0.1, 0.15) is 6.42 Å². The molecular weight excluding hydrogens is 140 g/mol. The van der Waals surface area contributed by atoms with Gasteiger partial charge in [-0.3, -0.25) is 0 Å². The Hall–Kier alpha value is -0.380. The van der Waals surface area contributed by atoms with Crippen molar-refractivity contribution in [3.63, 3.8) is 0 Å². The predicted molar refractivity (Wildman–Crippen MR) is 34.8 cm³/mol. The average Bonchev–Trinajstić information content (AvgIpc) is 2.15. The molecule has 0 spiro atoms. The van der Waals surface area contributed by atoms with Crippen molar-refractivity contribution in [2.24, 2.45) is 0 Å². The molecule has 0 aromatic heterocycles. The normalized spacial score (nSPS) is 26.0. The summed E-state index contributed by atoms with van der Waals surface area (Å²) in [5, 5.41) is 8.14. The summed E-state index contributed by atoms with van der Waals surface area (Å²) in [4.78, 5) is 9.92. The molecule has 1 atom stereocenters. The Bertz CT molecular complexity index is 109. The minimum Gasteiger partial charge on any atom is -0.450 e. The fraction of sp³-hybridized carbons (Fsp3) is 0.800. The van der Waals surface area contributed by atoms with Gasteiger partial charge < -0.3 is 9.84 Å². The van der Waals surface area contributed by atoms with Gasteiger partial charge in [-0.05, 0) is 12.2 Å². The van der Waals surface area contributed by atoms with Crippen LogP contribution in [0.3, 0.4) is 0 Å². The minimum atomic E-state index is -1.15. The SMILES string of the molecule is O=C(O)OC1CCSC1. The third kappa shape index (κ3) is 2.13. The minimum absolute atomic E-state index is 0.0486. The molecule has 1 fully saturated rings. The van der Waals surface area contributed by atoms with Gasteiger partial charge in [-0.2, -0.15) is 11.8 Å². The van der Waals surface area contributed by atoms with E-state index in [1.807, 2.05) is 0 Å². The molecule has 4 heteroatoms. The van der Waals surface area contributed by atoms with Crippen LogP contribution in [0.4, 0.5) is 4.79 Å². The van der Waals surface area contributed by atoms with Gasteiger partial charge in [0.15, 0.2) is 0 Å². The smallest absolute Gasteiger partial charge is 0.450 e. The Morgan fingerprint density at radius 1 is 1.78 bits per heavy atom. The first-order valence-electron chi connectivity index (χ1n) is 2.76. The summed E-state index contributed by atoms with van der Waals surface area (Å²) in [6.45, 7) is 0. The lowest BCUT2D eigenvalue weighted by atomic mass is 10.3. The van der Waals surface area contributed by atoms with Gasteiger partial charge in [-0.15, -0.1) is 0 Å². The van der Waals surface area contributed by atoms with E-state index in [1.165, 1.54) is 0 Å². The molecule has 9 heavy (non-hydrogen) atoms. The number of hydrogen-bond acceptors (Lipinski definition) is 3. The quantitative estimate of drug-likeness (QED) is 0.567. The van der Waals surface area contributed by atoms with Crippen LogP contribution in [0.2, 0.25) is 0 Å². The molecule has 0 bridgehead atoms. The lowest BCUT2D eigenvalue weighted by molar-refractivity contribution is 0.0619. The van der Waals surface area contributed by atoms with Gasteiger partial charge in [0.1, 0.15) is 6.10 Å². The van der Waals surface area contributed by atoms with Crippen molar-refractivity contribution in [1.29, 1.82) is 0 Å². The van der Waals surface area contributed by atoms with E-state index < -0.39 is 6.16 Å². The number of hydrogen-bond donors (Lipinski definition) is 1. The van der Waals surface area contributed by atoms with Crippen LogP contribution in [-0.4, -0.2) is 28.9 Å².